The zero-order chi connectivity index (χ0) is 14.5. The number of hydrogen-bond acceptors (Lipinski definition) is 3. The van der Waals surface area contributed by atoms with Gasteiger partial charge in [0.05, 0.1) is 0 Å². The molecule has 0 atom stereocenters. The second-order valence-corrected chi connectivity index (χ2v) is 4.00. The predicted molar refractivity (Wildman–Crippen MR) is 74.9 cm³/mol. The highest BCUT2D eigenvalue weighted by Gasteiger charge is 2.13. The van der Waals surface area contributed by atoms with Crippen LogP contribution in [0, 0.1) is 11.6 Å². The Labute approximate surface area is 115 Å². The second kappa shape index (κ2) is 6.14. The quantitative estimate of drug-likeness (QED) is 0.907. The number of halogens is 2. The lowest BCUT2D eigenvalue weighted by Crippen LogP contribution is -2.01. The van der Waals surface area contributed by atoms with Gasteiger partial charge in [0, 0.05) is 18.7 Å². The van der Waals surface area contributed by atoms with Crippen molar-refractivity contribution in [2.24, 2.45) is 0 Å². The Morgan fingerprint density at radius 2 is 1.95 bits per heavy atom. The maximum absolute atomic E-state index is 13.7. The minimum Gasteiger partial charge on any atom is -0.436 e. The van der Waals surface area contributed by atoms with Gasteiger partial charge in [0.1, 0.15) is 5.75 Å². The van der Waals surface area contributed by atoms with Crippen molar-refractivity contribution in [3.05, 3.63) is 53.6 Å². The number of anilines is 1. The number of para-hydroxylation sites is 1. The predicted octanol–water partition coefficient (Wildman–Crippen LogP) is 4.23. The first-order valence-corrected chi connectivity index (χ1v) is 6.09. The number of allylic oxidation sites excluding steroid dienone is 1. The van der Waals surface area contributed by atoms with Crippen molar-refractivity contribution in [1.29, 1.82) is 0 Å². The summed E-state index contributed by atoms with van der Waals surface area (Å²) in [6.07, 6.45) is 3.67. The molecule has 3 nitrogen and oxygen atoms in total. The van der Waals surface area contributed by atoms with Crippen molar-refractivity contribution < 1.29 is 13.5 Å². The zero-order valence-electron chi connectivity index (χ0n) is 11.2. The van der Waals surface area contributed by atoms with Gasteiger partial charge in [0.2, 0.25) is 0 Å². The maximum atomic E-state index is 13.7. The van der Waals surface area contributed by atoms with Crippen molar-refractivity contribution in [3.8, 4) is 11.6 Å². The monoisotopic (exact) mass is 276 g/mol. The Balaban J connectivity index is 2.40. The summed E-state index contributed by atoms with van der Waals surface area (Å²) in [5.41, 5.74) is 0.784. The molecule has 5 heteroatoms. The van der Waals surface area contributed by atoms with E-state index in [4.69, 9.17) is 4.74 Å². The van der Waals surface area contributed by atoms with Gasteiger partial charge in [-0.2, -0.15) is 4.98 Å². The third kappa shape index (κ3) is 2.93. The first-order valence-electron chi connectivity index (χ1n) is 6.09. The van der Waals surface area contributed by atoms with E-state index in [1.807, 2.05) is 31.2 Å². The summed E-state index contributed by atoms with van der Waals surface area (Å²) >= 11 is 0. The summed E-state index contributed by atoms with van der Waals surface area (Å²) in [6.45, 7) is 1.87. The number of benzene rings is 1. The van der Waals surface area contributed by atoms with E-state index in [0.29, 0.717) is 5.75 Å². The summed E-state index contributed by atoms with van der Waals surface area (Å²) in [6, 6.07) is 7.87. The molecule has 0 spiro atoms. The van der Waals surface area contributed by atoms with Gasteiger partial charge in [-0.1, -0.05) is 30.4 Å². The molecule has 0 saturated heterocycles. The molecule has 2 rings (SSSR count). The normalized spacial score (nSPS) is 10.8. The standard InChI is InChI=1S/C15H14F2N2O/c1-3-6-10-7-4-5-8-13(10)20-15-12(17)9-11(16)14(18-2)19-15/h3-9H,1-2H3,(H,18,19)/b6-3+. The molecule has 0 saturated carbocycles. The van der Waals surface area contributed by atoms with E-state index >= 15 is 0 Å². The number of rotatable bonds is 4. The van der Waals surface area contributed by atoms with Crippen LogP contribution in [0.1, 0.15) is 12.5 Å². The van der Waals surface area contributed by atoms with E-state index in [1.165, 1.54) is 7.05 Å². The molecule has 104 valence electrons. The first-order chi connectivity index (χ1) is 9.65. The minimum absolute atomic E-state index is 0.0649. The van der Waals surface area contributed by atoms with Gasteiger partial charge >= 0.3 is 0 Å². The maximum Gasteiger partial charge on any atom is 0.258 e. The number of nitrogens with one attached hydrogen (secondary N) is 1. The fourth-order valence-electron chi connectivity index (χ4n) is 1.69. The number of aromatic nitrogens is 1. The van der Waals surface area contributed by atoms with Crippen LogP contribution in [0.25, 0.3) is 6.08 Å². The van der Waals surface area contributed by atoms with Gasteiger partial charge in [-0.3, -0.25) is 0 Å². The lowest BCUT2D eigenvalue weighted by Gasteiger charge is -2.10. The number of nitrogens with zero attached hydrogens (tertiary/aromatic N) is 1. The summed E-state index contributed by atoms with van der Waals surface area (Å²) in [5, 5.41) is 2.54. The molecule has 1 aromatic heterocycles. The lowest BCUT2D eigenvalue weighted by molar-refractivity contribution is 0.417. The molecule has 0 aliphatic carbocycles. The zero-order valence-corrected chi connectivity index (χ0v) is 11.2. The summed E-state index contributed by atoms with van der Waals surface area (Å²) in [7, 11) is 1.50. The highest BCUT2D eigenvalue weighted by atomic mass is 19.1. The Morgan fingerprint density at radius 1 is 1.20 bits per heavy atom. The van der Waals surface area contributed by atoms with Crippen molar-refractivity contribution >= 4 is 11.9 Å². The smallest absolute Gasteiger partial charge is 0.258 e. The van der Waals surface area contributed by atoms with E-state index in [0.717, 1.165) is 11.6 Å². The van der Waals surface area contributed by atoms with Gasteiger partial charge in [-0.25, -0.2) is 8.78 Å². The third-order valence-electron chi connectivity index (χ3n) is 2.61. The van der Waals surface area contributed by atoms with Crippen LogP contribution in [0.2, 0.25) is 0 Å². The highest BCUT2D eigenvalue weighted by Crippen LogP contribution is 2.28. The topological polar surface area (TPSA) is 34.1 Å². The van der Waals surface area contributed by atoms with E-state index in [1.54, 1.807) is 12.1 Å². The van der Waals surface area contributed by atoms with Gasteiger partial charge in [-0.15, -0.1) is 0 Å². The average Bonchev–Trinajstić information content (AvgIpc) is 2.44. The van der Waals surface area contributed by atoms with E-state index in [9.17, 15) is 8.78 Å². The molecule has 0 aliphatic rings. The molecular weight excluding hydrogens is 262 g/mol. The van der Waals surface area contributed by atoms with Crippen LogP contribution < -0.4 is 10.1 Å². The van der Waals surface area contributed by atoms with E-state index in [-0.39, 0.29) is 11.7 Å². The molecule has 0 radical (unpaired) electrons. The van der Waals surface area contributed by atoms with Crippen molar-refractivity contribution in [2.75, 3.05) is 12.4 Å². The van der Waals surface area contributed by atoms with Crippen LogP contribution in [0.15, 0.2) is 36.4 Å². The van der Waals surface area contributed by atoms with Crippen LogP contribution in [0.4, 0.5) is 14.6 Å². The molecule has 1 N–H and O–H groups in total. The first kappa shape index (κ1) is 14.0. The minimum atomic E-state index is -0.850. The number of pyridine rings is 1. The molecule has 1 aromatic carbocycles. The average molecular weight is 276 g/mol. The van der Waals surface area contributed by atoms with E-state index in [2.05, 4.69) is 10.3 Å². The van der Waals surface area contributed by atoms with Gasteiger partial charge in [0.25, 0.3) is 5.88 Å². The van der Waals surface area contributed by atoms with E-state index < -0.39 is 11.6 Å². The molecule has 2 aromatic rings. The number of ether oxygens (including phenoxy) is 1. The van der Waals surface area contributed by atoms with Crippen LogP contribution in [0.3, 0.4) is 0 Å². The Kier molecular flexibility index (Phi) is 4.30. The number of hydrogen-bond donors (Lipinski definition) is 1. The lowest BCUT2D eigenvalue weighted by atomic mass is 10.2. The van der Waals surface area contributed by atoms with Crippen molar-refractivity contribution in [2.45, 2.75) is 6.92 Å². The fraction of sp³-hybridized carbons (Fsp3) is 0.133. The van der Waals surface area contributed by atoms with Crippen molar-refractivity contribution in [1.82, 2.24) is 4.98 Å². The van der Waals surface area contributed by atoms with Crippen LogP contribution >= 0.6 is 0 Å². The van der Waals surface area contributed by atoms with Crippen molar-refractivity contribution in [3.63, 3.8) is 0 Å². The summed E-state index contributed by atoms with van der Waals surface area (Å²) in [4.78, 5) is 3.78. The Morgan fingerprint density at radius 3 is 2.65 bits per heavy atom. The molecule has 0 unspecified atom stereocenters. The molecule has 1 heterocycles. The molecule has 0 bridgehead atoms. The summed E-state index contributed by atoms with van der Waals surface area (Å²) in [5.74, 6) is -1.50. The second-order valence-electron chi connectivity index (χ2n) is 4.00. The summed E-state index contributed by atoms with van der Waals surface area (Å²) < 4.78 is 32.5. The SMILES string of the molecule is C/C=C/c1ccccc1Oc1nc(NC)c(F)cc1F. The van der Waals surface area contributed by atoms with Gasteiger partial charge in [-0.05, 0) is 13.0 Å². The van der Waals surface area contributed by atoms with Crippen LogP contribution in [-0.2, 0) is 0 Å². The largest absolute Gasteiger partial charge is 0.436 e. The molecule has 0 aliphatic heterocycles. The fourth-order valence-corrected chi connectivity index (χ4v) is 1.69. The molecule has 0 amide bonds. The van der Waals surface area contributed by atoms with Gasteiger partial charge < -0.3 is 10.1 Å². The Bertz CT molecular complexity index is 642. The third-order valence-corrected chi connectivity index (χ3v) is 2.61. The molecule has 20 heavy (non-hydrogen) atoms. The highest BCUT2D eigenvalue weighted by molar-refractivity contribution is 5.57. The van der Waals surface area contributed by atoms with Gasteiger partial charge in [0.15, 0.2) is 17.5 Å². The molecule has 0 fully saturated rings. The Hall–Kier alpha value is -2.43. The van der Waals surface area contributed by atoms with Crippen LogP contribution in [-0.4, -0.2) is 12.0 Å². The molecular formula is C15H14F2N2O. The van der Waals surface area contributed by atoms with Crippen LogP contribution in [0.5, 0.6) is 11.6 Å².